The highest BCUT2D eigenvalue weighted by Gasteiger charge is 2.15. The van der Waals surface area contributed by atoms with Gasteiger partial charge in [-0.3, -0.25) is 0 Å². The Morgan fingerprint density at radius 3 is 2.82 bits per heavy atom. The first-order chi connectivity index (χ1) is 13.7. The fraction of sp³-hybridized carbons (Fsp3) is 0.316. The van der Waals surface area contributed by atoms with Crippen LogP contribution in [0.1, 0.15) is 12.8 Å². The molecule has 0 atom stereocenters. The van der Waals surface area contributed by atoms with Gasteiger partial charge in [-0.05, 0) is 37.1 Å². The van der Waals surface area contributed by atoms with Crippen molar-refractivity contribution >= 4 is 17.7 Å². The number of nitrogens with one attached hydrogen (secondary N) is 2. The molecule has 0 bridgehead atoms. The number of rotatable bonds is 6. The highest BCUT2D eigenvalue weighted by atomic mass is 19.1. The van der Waals surface area contributed by atoms with Gasteiger partial charge in [0.2, 0.25) is 11.8 Å². The molecule has 1 fully saturated rings. The van der Waals surface area contributed by atoms with Crippen LogP contribution >= 0.6 is 0 Å². The van der Waals surface area contributed by atoms with Gasteiger partial charge in [0.1, 0.15) is 11.5 Å². The Morgan fingerprint density at radius 2 is 2.04 bits per heavy atom. The summed E-state index contributed by atoms with van der Waals surface area (Å²) < 4.78 is 29.5. The molecule has 1 aliphatic heterocycles. The van der Waals surface area contributed by atoms with Crippen LogP contribution in [0.5, 0.6) is 5.75 Å². The molecule has 0 radical (unpaired) electrons. The molecule has 1 aromatic carbocycles. The van der Waals surface area contributed by atoms with Crippen LogP contribution in [0.4, 0.5) is 22.0 Å². The Morgan fingerprint density at radius 1 is 1.18 bits per heavy atom. The summed E-state index contributed by atoms with van der Waals surface area (Å²) >= 11 is 0. The van der Waals surface area contributed by atoms with Crippen molar-refractivity contribution in [3.63, 3.8) is 0 Å². The second-order valence-corrected chi connectivity index (χ2v) is 6.35. The Hall–Kier alpha value is -3.20. The van der Waals surface area contributed by atoms with E-state index in [9.17, 15) is 4.39 Å². The molecular weight excluding hydrogens is 365 g/mol. The molecule has 0 amide bonds. The molecule has 0 spiro atoms. The molecule has 2 aromatic heterocycles. The van der Waals surface area contributed by atoms with E-state index in [-0.39, 0.29) is 5.75 Å². The average molecular weight is 385 g/mol. The normalized spacial score (nSPS) is 14.6. The molecule has 4 rings (SSSR count). The van der Waals surface area contributed by atoms with Crippen molar-refractivity contribution in [3.05, 3.63) is 42.3 Å². The van der Waals surface area contributed by atoms with E-state index in [0.29, 0.717) is 34.9 Å². The Bertz CT molecular complexity index is 943. The van der Waals surface area contributed by atoms with E-state index in [1.807, 2.05) is 0 Å². The van der Waals surface area contributed by atoms with Gasteiger partial charge in [0, 0.05) is 37.1 Å². The van der Waals surface area contributed by atoms with Gasteiger partial charge in [0.25, 0.3) is 0 Å². The zero-order chi connectivity index (χ0) is 19.3. The topological polar surface area (TPSA) is 94.3 Å². The fourth-order valence-electron chi connectivity index (χ4n) is 2.94. The van der Waals surface area contributed by atoms with Crippen molar-refractivity contribution in [2.45, 2.75) is 18.9 Å². The SMILES string of the molecule is COc1ccc(-c2cc(Nc3ccnc(NC4CCOCC4)n3)on2)cc1F. The van der Waals surface area contributed by atoms with E-state index in [2.05, 4.69) is 25.8 Å². The molecule has 28 heavy (non-hydrogen) atoms. The van der Waals surface area contributed by atoms with Crippen LogP contribution in [0.15, 0.2) is 41.1 Å². The first kappa shape index (κ1) is 18.2. The van der Waals surface area contributed by atoms with E-state index in [1.54, 1.807) is 30.5 Å². The first-order valence-corrected chi connectivity index (χ1v) is 8.96. The van der Waals surface area contributed by atoms with E-state index in [1.165, 1.54) is 13.2 Å². The van der Waals surface area contributed by atoms with Gasteiger partial charge >= 0.3 is 0 Å². The lowest BCUT2D eigenvalue weighted by atomic mass is 10.1. The average Bonchev–Trinajstić information content (AvgIpc) is 3.17. The summed E-state index contributed by atoms with van der Waals surface area (Å²) in [5.41, 5.74) is 1.08. The molecule has 1 aliphatic rings. The summed E-state index contributed by atoms with van der Waals surface area (Å²) in [6.07, 6.45) is 3.50. The maximum absolute atomic E-state index is 13.9. The van der Waals surface area contributed by atoms with E-state index >= 15 is 0 Å². The van der Waals surface area contributed by atoms with Crippen molar-refractivity contribution in [2.24, 2.45) is 0 Å². The summed E-state index contributed by atoms with van der Waals surface area (Å²) in [7, 11) is 1.42. The summed E-state index contributed by atoms with van der Waals surface area (Å²) in [6.45, 7) is 1.48. The summed E-state index contributed by atoms with van der Waals surface area (Å²) in [4.78, 5) is 8.69. The summed E-state index contributed by atoms with van der Waals surface area (Å²) in [5.74, 6) is 1.21. The van der Waals surface area contributed by atoms with Crippen molar-refractivity contribution in [1.82, 2.24) is 15.1 Å². The largest absolute Gasteiger partial charge is 0.494 e. The third kappa shape index (κ3) is 4.20. The van der Waals surface area contributed by atoms with Crippen LogP contribution in [-0.4, -0.2) is 41.5 Å². The highest BCUT2D eigenvalue weighted by molar-refractivity contribution is 5.64. The molecule has 146 valence electrons. The smallest absolute Gasteiger partial charge is 0.230 e. The number of anilines is 3. The lowest BCUT2D eigenvalue weighted by Gasteiger charge is -2.23. The number of aromatic nitrogens is 3. The molecule has 0 aliphatic carbocycles. The molecule has 0 saturated carbocycles. The number of hydrogen-bond acceptors (Lipinski definition) is 8. The van der Waals surface area contributed by atoms with Gasteiger partial charge < -0.3 is 24.6 Å². The second kappa shape index (κ2) is 8.22. The molecule has 3 aromatic rings. The van der Waals surface area contributed by atoms with E-state index in [4.69, 9.17) is 14.0 Å². The van der Waals surface area contributed by atoms with Crippen molar-refractivity contribution < 1.29 is 18.4 Å². The molecule has 2 N–H and O–H groups in total. The van der Waals surface area contributed by atoms with Crippen molar-refractivity contribution in [3.8, 4) is 17.0 Å². The standard InChI is InChI=1S/C19H20FN5O3/c1-26-16-3-2-12(10-14(16)20)15-11-18(28-25-15)23-17-4-7-21-19(24-17)22-13-5-8-27-9-6-13/h2-4,7,10-11,13H,5-6,8-9H2,1H3,(H2,21,22,23,24). The molecule has 0 unspecified atom stereocenters. The summed E-state index contributed by atoms with van der Waals surface area (Å²) in [5, 5.41) is 10.3. The van der Waals surface area contributed by atoms with Crippen molar-refractivity contribution in [2.75, 3.05) is 31.0 Å². The van der Waals surface area contributed by atoms with Crippen LogP contribution < -0.4 is 15.4 Å². The zero-order valence-corrected chi connectivity index (χ0v) is 15.3. The van der Waals surface area contributed by atoms with Crippen LogP contribution in [0.3, 0.4) is 0 Å². The second-order valence-electron chi connectivity index (χ2n) is 6.35. The minimum atomic E-state index is -0.461. The minimum absolute atomic E-state index is 0.177. The fourth-order valence-corrected chi connectivity index (χ4v) is 2.94. The van der Waals surface area contributed by atoms with Crippen LogP contribution in [0, 0.1) is 5.82 Å². The predicted molar refractivity (Wildman–Crippen MR) is 101 cm³/mol. The van der Waals surface area contributed by atoms with Crippen LogP contribution in [0.25, 0.3) is 11.3 Å². The molecular formula is C19H20FN5O3. The van der Waals surface area contributed by atoms with Crippen LogP contribution in [-0.2, 0) is 4.74 Å². The monoisotopic (exact) mass is 385 g/mol. The van der Waals surface area contributed by atoms with Gasteiger partial charge in [0.15, 0.2) is 11.6 Å². The molecule has 1 saturated heterocycles. The maximum Gasteiger partial charge on any atom is 0.230 e. The van der Waals surface area contributed by atoms with Gasteiger partial charge in [-0.25, -0.2) is 9.37 Å². The lowest BCUT2D eigenvalue weighted by Crippen LogP contribution is -2.28. The minimum Gasteiger partial charge on any atom is -0.494 e. The Kier molecular flexibility index (Phi) is 5.34. The number of nitrogens with zero attached hydrogens (tertiary/aromatic N) is 3. The van der Waals surface area contributed by atoms with Gasteiger partial charge in [-0.15, -0.1) is 0 Å². The Balaban J connectivity index is 1.45. The van der Waals surface area contributed by atoms with E-state index < -0.39 is 5.82 Å². The zero-order valence-electron chi connectivity index (χ0n) is 15.3. The number of hydrogen-bond donors (Lipinski definition) is 2. The number of ether oxygens (including phenoxy) is 2. The van der Waals surface area contributed by atoms with Crippen molar-refractivity contribution in [1.29, 1.82) is 0 Å². The first-order valence-electron chi connectivity index (χ1n) is 8.96. The van der Waals surface area contributed by atoms with Gasteiger partial charge in [0.05, 0.1) is 7.11 Å². The third-order valence-corrected chi connectivity index (χ3v) is 4.42. The third-order valence-electron chi connectivity index (χ3n) is 4.42. The number of benzene rings is 1. The molecule has 8 nitrogen and oxygen atoms in total. The highest BCUT2D eigenvalue weighted by Crippen LogP contribution is 2.27. The lowest BCUT2D eigenvalue weighted by molar-refractivity contribution is 0.0903. The van der Waals surface area contributed by atoms with E-state index in [0.717, 1.165) is 26.1 Å². The van der Waals surface area contributed by atoms with Gasteiger partial charge in [-0.1, -0.05) is 5.16 Å². The predicted octanol–water partition coefficient (Wildman–Crippen LogP) is 3.61. The number of halogens is 1. The number of methoxy groups -OCH3 is 1. The Labute approximate surface area is 161 Å². The van der Waals surface area contributed by atoms with Gasteiger partial charge in [-0.2, -0.15) is 4.98 Å². The quantitative estimate of drug-likeness (QED) is 0.665. The summed E-state index contributed by atoms with van der Waals surface area (Å²) in [6, 6.07) is 8.31. The molecule has 9 heteroatoms. The van der Waals surface area contributed by atoms with Crippen LogP contribution in [0.2, 0.25) is 0 Å². The molecule has 3 heterocycles. The maximum atomic E-state index is 13.9.